The van der Waals surface area contributed by atoms with E-state index in [1.807, 2.05) is 80.6 Å². The summed E-state index contributed by atoms with van der Waals surface area (Å²) in [6.45, 7) is 3.85. The lowest BCUT2D eigenvalue weighted by Crippen LogP contribution is -2.30. The van der Waals surface area contributed by atoms with Crippen LogP contribution < -0.4 is 4.90 Å². The number of hydrogen-bond donors (Lipinski definition) is 1. The molecule has 1 aliphatic rings. The molecule has 0 aromatic heterocycles. The minimum Gasteiger partial charge on any atom is -0.507 e. The number of para-hydroxylation sites is 1. The number of aliphatic hydroxyl groups excluding tert-OH is 1. The van der Waals surface area contributed by atoms with Crippen LogP contribution in [0.25, 0.3) is 5.76 Å². The van der Waals surface area contributed by atoms with Gasteiger partial charge in [0, 0.05) is 11.3 Å². The summed E-state index contributed by atoms with van der Waals surface area (Å²) in [5.41, 5.74) is 3.97. The maximum absolute atomic E-state index is 13.1. The van der Waals surface area contributed by atoms with Crippen LogP contribution in [0.3, 0.4) is 0 Å². The summed E-state index contributed by atoms with van der Waals surface area (Å²) in [5.74, 6) is -1.48. The molecular weight excluding hydrogens is 362 g/mol. The number of rotatable bonds is 3. The number of aryl methyl sites for hydroxylation is 2. The highest BCUT2D eigenvalue weighted by Gasteiger charge is 2.47. The number of Topliss-reactive ketones (excluding diaryl/α,β-unsaturated/α-hetero) is 1. The Balaban J connectivity index is 1.96. The smallest absolute Gasteiger partial charge is 0.300 e. The monoisotopic (exact) mass is 383 g/mol. The number of benzene rings is 3. The lowest BCUT2D eigenvalue weighted by atomic mass is 9.94. The number of carbonyl (C=O) groups excluding carboxylic acids is 2. The van der Waals surface area contributed by atoms with Crippen molar-refractivity contribution in [1.29, 1.82) is 0 Å². The number of hydrogen-bond acceptors (Lipinski definition) is 3. The molecule has 4 heteroatoms. The van der Waals surface area contributed by atoms with Crippen molar-refractivity contribution in [2.45, 2.75) is 19.9 Å². The Labute approximate surface area is 169 Å². The Hall–Kier alpha value is -3.66. The van der Waals surface area contributed by atoms with Gasteiger partial charge >= 0.3 is 0 Å². The average molecular weight is 383 g/mol. The molecule has 1 N–H and O–H groups in total. The van der Waals surface area contributed by atoms with E-state index in [9.17, 15) is 14.7 Å². The first-order valence-corrected chi connectivity index (χ1v) is 9.47. The fraction of sp³-hybridized carbons (Fsp3) is 0.120. The second-order valence-corrected chi connectivity index (χ2v) is 7.23. The highest BCUT2D eigenvalue weighted by atomic mass is 16.3. The van der Waals surface area contributed by atoms with E-state index >= 15 is 0 Å². The molecule has 1 aliphatic heterocycles. The molecule has 0 spiro atoms. The van der Waals surface area contributed by atoms with Crippen molar-refractivity contribution in [2.24, 2.45) is 0 Å². The minimum atomic E-state index is -0.696. The van der Waals surface area contributed by atoms with Crippen LogP contribution in [0.1, 0.15) is 28.3 Å². The van der Waals surface area contributed by atoms with Crippen LogP contribution in [0.2, 0.25) is 0 Å². The zero-order chi connectivity index (χ0) is 20.5. The van der Waals surface area contributed by atoms with Crippen LogP contribution in [-0.4, -0.2) is 16.8 Å². The summed E-state index contributed by atoms with van der Waals surface area (Å²) >= 11 is 0. The molecule has 0 aliphatic carbocycles. The van der Waals surface area contributed by atoms with Gasteiger partial charge in [-0.1, -0.05) is 78.4 Å². The van der Waals surface area contributed by atoms with Gasteiger partial charge in [0.2, 0.25) is 0 Å². The van der Waals surface area contributed by atoms with Gasteiger partial charge in [-0.05, 0) is 31.0 Å². The van der Waals surface area contributed by atoms with Gasteiger partial charge in [0.05, 0.1) is 11.6 Å². The van der Waals surface area contributed by atoms with Gasteiger partial charge in [0.15, 0.2) is 0 Å². The first kappa shape index (κ1) is 18.7. The number of ketones is 1. The summed E-state index contributed by atoms with van der Waals surface area (Å²) in [6.07, 6.45) is 0. The fourth-order valence-electron chi connectivity index (χ4n) is 3.73. The molecule has 0 radical (unpaired) electrons. The number of aliphatic hydroxyl groups is 1. The Morgan fingerprint density at radius 1 is 0.828 bits per heavy atom. The summed E-state index contributed by atoms with van der Waals surface area (Å²) in [5, 5.41) is 11.0. The van der Waals surface area contributed by atoms with E-state index in [1.165, 1.54) is 4.90 Å². The quantitative estimate of drug-likeness (QED) is 0.396. The van der Waals surface area contributed by atoms with Crippen LogP contribution in [0, 0.1) is 13.8 Å². The summed E-state index contributed by atoms with van der Waals surface area (Å²) in [7, 11) is 0. The summed E-state index contributed by atoms with van der Waals surface area (Å²) < 4.78 is 0. The lowest BCUT2D eigenvalue weighted by molar-refractivity contribution is -0.132. The predicted octanol–water partition coefficient (Wildman–Crippen LogP) is 4.93. The largest absolute Gasteiger partial charge is 0.507 e. The van der Waals surface area contributed by atoms with E-state index in [0.29, 0.717) is 11.3 Å². The van der Waals surface area contributed by atoms with Crippen molar-refractivity contribution < 1.29 is 14.7 Å². The van der Waals surface area contributed by atoms with Gasteiger partial charge in [-0.3, -0.25) is 14.5 Å². The van der Waals surface area contributed by atoms with Crippen molar-refractivity contribution in [3.05, 3.63) is 107 Å². The molecule has 1 atom stereocenters. The van der Waals surface area contributed by atoms with Crippen LogP contribution in [0.4, 0.5) is 5.69 Å². The molecule has 3 aromatic rings. The van der Waals surface area contributed by atoms with E-state index in [-0.39, 0.29) is 11.3 Å². The second kappa shape index (κ2) is 7.40. The molecule has 4 nitrogen and oxygen atoms in total. The first-order chi connectivity index (χ1) is 14.0. The summed E-state index contributed by atoms with van der Waals surface area (Å²) in [4.78, 5) is 27.6. The normalized spacial score (nSPS) is 18.3. The lowest BCUT2D eigenvalue weighted by Gasteiger charge is -2.26. The molecular formula is C25H21NO3. The zero-order valence-corrected chi connectivity index (χ0v) is 16.3. The SMILES string of the molecule is Cc1ccc(/C(O)=C2\C(=O)C(=O)N(c3ccccc3C)C2c2ccccc2)cc1. The molecule has 29 heavy (non-hydrogen) atoms. The highest BCUT2D eigenvalue weighted by Crippen LogP contribution is 2.42. The van der Waals surface area contributed by atoms with Gasteiger partial charge in [-0.15, -0.1) is 0 Å². The van der Waals surface area contributed by atoms with Crippen molar-refractivity contribution in [3.63, 3.8) is 0 Å². The molecule has 1 fully saturated rings. The second-order valence-electron chi connectivity index (χ2n) is 7.23. The van der Waals surface area contributed by atoms with Gasteiger partial charge in [0.25, 0.3) is 11.7 Å². The van der Waals surface area contributed by atoms with Gasteiger partial charge in [-0.2, -0.15) is 0 Å². The van der Waals surface area contributed by atoms with E-state index in [4.69, 9.17) is 0 Å². The Morgan fingerprint density at radius 2 is 1.45 bits per heavy atom. The highest BCUT2D eigenvalue weighted by molar-refractivity contribution is 6.51. The van der Waals surface area contributed by atoms with Crippen LogP contribution in [-0.2, 0) is 9.59 Å². The number of carbonyl (C=O) groups is 2. The van der Waals surface area contributed by atoms with E-state index < -0.39 is 17.7 Å². The molecule has 0 saturated carbocycles. The standard InChI is InChI=1S/C25H21NO3/c1-16-12-14-19(15-13-16)23(27)21-22(18-9-4-3-5-10-18)26(25(29)24(21)28)20-11-7-6-8-17(20)2/h3-15,22,27H,1-2H3/b23-21+. The van der Waals surface area contributed by atoms with Crippen LogP contribution in [0.5, 0.6) is 0 Å². The molecule has 4 rings (SSSR count). The van der Waals surface area contributed by atoms with Crippen molar-refractivity contribution in [2.75, 3.05) is 4.90 Å². The molecule has 1 saturated heterocycles. The maximum atomic E-state index is 13.1. The minimum absolute atomic E-state index is 0.105. The predicted molar refractivity (Wildman–Crippen MR) is 114 cm³/mol. The third-order valence-corrected chi connectivity index (χ3v) is 5.26. The number of anilines is 1. The Kier molecular flexibility index (Phi) is 4.77. The van der Waals surface area contributed by atoms with Gasteiger partial charge in [0.1, 0.15) is 5.76 Å². The third-order valence-electron chi connectivity index (χ3n) is 5.26. The molecule has 0 bridgehead atoms. The fourth-order valence-corrected chi connectivity index (χ4v) is 3.73. The van der Waals surface area contributed by atoms with Crippen molar-refractivity contribution in [3.8, 4) is 0 Å². The van der Waals surface area contributed by atoms with Crippen LogP contribution in [0.15, 0.2) is 84.4 Å². The molecule has 3 aromatic carbocycles. The molecule has 1 heterocycles. The first-order valence-electron chi connectivity index (χ1n) is 9.47. The van der Waals surface area contributed by atoms with Crippen LogP contribution >= 0.6 is 0 Å². The number of nitrogens with zero attached hydrogens (tertiary/aromatic N) is 1. The van der Waals surface area contributed by atoms with Crippen molar-refractivity contribution in [1.82, 2.24) is 0 Å². The summed E-state index contributed by atoms with van der Waals surface area (Å²) in [6, 6.07) is 23.3. The Morgan fingerprint density at radius 3 is 2.10 bits per heavy atom. The van der Waals surface area contributed by atoms with E-state index in [0.717, 1.165) is 16.7 Å². The van der Waals surface area contributed by atoms with Crippen molar-refractivity contribution >= 4 is 23.1 Å². The van der Waals surface area contributed by atoms with Gasteiger partial charge < -0.3 is 5.11 Å². The maximum Gasteiger partial charge on any atom is 0.300 e. The van der Waals surface area contributed by atoms with E-state index in [1.54, 1.807) is 12.1 Å². The topological polar surface area (TPSA) is 57.6 Å². The molecule has 144 valence electrons. The van der Waals surface area contributed by atoms with E-state index in [2.05, 4.69) is 0 Å². The molecule has 1 unspecified atom stereocenters. The van der Waals surface area contributed by atoms with Gasteiger partial charge in [-0.25, -0.2) is 0 Å². The Bertz CT molecular complexity index is 1110. The average Bonchev–Trinajstić information content (AvgIpc) is 3.00. The third kappa shape index (κ3) is 3.23. The molecule has 1 amide bonds. The number of amides is 1. The zero-order valence-electron chi connectivity index (χ0n) is 16.3.